The van der Waals surface area contributed by atoms with Gasteiger partial charge in [-0.3, -0.25) is 10.1 Å². The topological polar surface area (TPSA) is 50.4 Å². The lowest BCUT2D eigenvalue weighted by Crippen LogP contribution is -2.34. The smallest absolute Gasteiger partial charge is 0.257 e. The number of anilines is 1. The molecule has 0 aliphatic carbocycles. The molecule has 2 aromatic carbocycles. The Bertz CT molecular complexity index is 717. The second-order valence-corrected chi connectivity index (χ2v) is 6.06. The largest absolute Gasteiger partial charge is 0.493 e. The molecule has 2 rings (SSSR count). The Morgan fingerprint density at radius 2 is 1.92 bits per heavy atom. The van der Waals surface area contributed by atoms with E-state index < -0.39 is 11.7 Å². The third-order valence-electron chi connectivity index (χ3n) is 3.01. The van der Waals surface area contributed by atoms with Gasteiger partial charge in [0.05, 0.1) is 6.61 Å². The van der Waals surface area contributed by atoms with Gasteiger partial charge < -0.3 is 10.1 Å². The zero-order chi connectivity index (χ0) is 17.5. The molecule has 0 aliphatic heterocycles. The number of amides is 1. The van der Waals surface area contributed by atoms with Gasteiger partial charge in [-0.05, 0) is 54.5 Å². The molecule has 2 N–H and O–H groups in total. The number of thiocarbonyl (C=S) groups is 1. The molecule has 24 heavy (non-hydrogen) atoms. The van der Waals surface area contributed by atoms with Crippen LogP contribution in [0.2, 0.25) is 0 Å². The Morgan fingerprint density at radius 3 is 2.58 bits per heavy atom. The number of rotatable bonds is 5. The Kier molecular flexibility index (Phi) is 6.26. The number of ether oxygens (including phenoxy) is 1. The van der Waals surface area contributed by atoms with Crippen molar-refractivity contribution >= 4 is 28.9 Å². The maximum Gasteiger partial charge on any atom is 0.257 e. The molecule has 0 saturated heterocycles. The van der Waals surface area contributed by atoms with Gasteiger partial charge in [0, 0.05) is 17.3 Å². The fourth-order valence-corrected chi connectivity index (χ4v) is 2.08. The van der Waals surface area contributed by atoms with Gasteiger partial charge in [-0.1, -0.05) is 19.9 Å². The lowest BCUT2D eigenvalue weighted by atomic mass is 10.2. The Hall–Kier alpha value is -2.47. The van der Waals surface area contributed by atoms with Gasteiger partial charge in [0.15, 0.2) is 5.11 Å². The minimum Gasteiger partial charge on any atom is -0.493 e. The number of hydrogen-bond acceptors (Lipinski definition) is 3. The van der Waals surface area contributed by atoms with Crippen molar-refractivity contribution in [2.75, 3.05) is 11.9 Å². The number of carbonyl (C=O) groups excluding carboxylic acids is 1. The summed E-state index contributed by atoms with van der Waals surface area (Å²) in [4.78, 5) is 12.0. The van der Waals surface area contributed by atoms with Crippen LogP contribution in [0.1, 0.15) is 24.2 Å². The Balaban J connectivity index is 1.93. The summed E-state index contributed by atoms with van der Waals surface area (Å²) in [7, 11) is 0. The first kappa shape index (κ1) is 17.9. The van der Waals surface area contributed by atoms with Crippen LogP contribution in [0, 0.1) is 11.7 Å². The molecule has 2 aromatic rings. The minimum atomic E-state index is -0.403. The summed E-state index contributed by atoms with van der Waals surface area (Å²) in [6.45, 7) is 4.76. The molecule has 0 unspecified atom stereocenters. The van der Waals surface area contributed by atoms with Crippen molar-refractivity contribution in [1.82, 2.24) is 5.32 Å². The highest BCUT2D eigenvalue weighted by Crippen LogP contribution is 2.18. The summed E-state index contributed by atoms with van der Waals surface area (Å²) in [5.41, 5.74) is 1.04. The van der Waals surface area contributed by atoms with Gasteiger partial charge in [-0.2, -0.15) is 0 Å². The summed E-state index contributed by atoms with van der Waals surface area (Å²) >= 11 is 5.13. The summed E-state index contributed by atoms with van der Waals surface area (Å²) in [6, 6.07) is 12.6. The average molecular weight is 346 g/mol. The number of carbonyl (C=O) groups is 1. The van der Waals surface area contributed by atoms with Gasteiger partial charge in [0.25, 0.3) is 5.91 Å². The van der Waals surface area contributed by atoms with Crippen molar-refractivity contribution in [2.24, 2.45) is 5.92 Å². The molecule has 0 aromatic heterocycles. The zero-order valence-electron chi connectivity index (χ0n) is 13.5. The lowest BCUT2D eigenvalue weighted by molar-refractivity contribution is 0.0977. The molecule has 0 radical (unpaired) electrons. The standard InChI is InChI=1S/C18H19FN2O2S/c1-12(2)11-23-16-5-3-4-15(10-16)20-18(24)21-17(22)13-6-8-14(19)9-7-13/h3-10,12H,11H2,1-2H3,(H2,20,21,22,24). The average Bonchev–Trinajstić information content (AvgIpc) is 2.53. The molecule has 0 heterocycles. The molecule has 126 valence electrons. The van der Waals surface area contributed by atoms with Crippen LogP contribution in [-0.2, 0) is 0 Å². The second-order valence-electron chi connectivity index (χ2n) is 5.65. The molecule has 0 saturated carbocycles. The number of hydrogen-bond donors (Lipinski definition) is 2. The van der Waals surface area contributed by atoms with E-state index in [1.807, 2.05) is 18.2 Å². The predicted molar refractivity (Wildman–Crippen MR) is 96.9 cm³/mol. The maximum atomic E-state index is 12.9. The predicted octanol–water partition coefficient (Wildman–Crippen LogP) is 3.99. The fourth-order valence-electron chi connectivity index (χ4n) is 1.87. The van der Waals surface area contributed by atoms with Crippen LogP contribution < -0.4 is 15.4 Å². The number of halogens is 1. The minimum absolute atomic E-state index is 0.158. The van der Waals surface area contributed by atoms with Crippen molar-refractivity contribution in [2.45, 2.75) is 13.8 Å². The maximum absolute atomic E-state index is 12.9. The van der Waals surface area contributed by atoms with Gasteiger partial charge in [-0.25, -0.2) is 4.39 Å². The number of benzene rings is 2. The van der Waals surface area contributed by atoms with Gasteiger partial charge in [0.2, 0.25) is 0 Å². The highest BCUT2D eigenvalue weighted by molar-refractivity contribution is 7.80. The molecule has 0 aliphatic rings. The van der Waals surface area contributed by atoms with Crippen molar-refractivity contribution in [3.05, 3.63) is 59.9 Å². The van der Waals surface area contributed by atoms with Gasteiger partial charge in [-0.15, -0.1) is 0 Å². The van der Waals surface area contributed by atoms with E-state index in [1.54, 1.807) is 6.07 Å². The SMILES string of the molecule is CC(C)COc1cccc(NC(=S)NC(=O)c2ccc(F)cc2)c1. The van der Waals surface area contributed by atoms with Crippen molar-refractivity contribution in [1.29, 1.82) is 0 Å². The van der Waals surface area contributed by atoms with Crippen molar-refractivity contribution < 1.29 is 13.9 Å². The second kappa shape index (κ2) is 8.40. The summed E-state index contributed by atoms with van der Waals surface area (Å²) < 4.78 is 18.5. The highest BCUT2D eigenvalue weighted by atomic mass is 32.1. The molecule has 0 atom stereocenters. The van der Waals surface area contributed by atoms with Crippen LogP contribution in [-0.4, -0.2) is 17.6 Å². The van der Waals surface area contributed by atoms with Crippen LogP contribution in [0.25, 0.3) is 0 Å². The molecule has 4 nitrogen and oxygen atoms in total. The molecule has 0 bridgehead atoms. The zero-order valence-corrected chi connectivity index (χ0v) is 14.3. The van der Waals surface area contributed by atoms with Gasteiger partial charge >= 0.3 is 0 Å². The van der Waals surface area contributed by atoms with E-state index in [0.717, 1.165) is 5.75 Å². The monoisotopic (exact) mass is 346 g/mol. The summed E-state index contributed by atoms with van der Waals surface area (Å²) in [6.07, 6.45) is 0. The van der Waals surface area contributed by atoms with E-state index in [0.29, 0.717) is 23.8 Å². The lowest BCUT2D eigenvalue weighted by Gasteiger charge is -2.12. The summed E-state index contributed by atoms with van der Waals surface area (Å²) in [5.74, 6) is 0.351. The first-order valence-electron chi connectivity index (χ1n) is 7.55. The normalized spacial score (nSPS) is 10.3. The molecular weight excluding hydrogens is 327 g/mol. The van der Waals surface area contributed by atoms with Crippen LogP contribution in [0.15, 0.2) is 48.5 Å². The van der Waals surface area contributed by atoms with E-state index in [4.69, 9.17) is 17.0 Å². The van der Waals surface area contributed by atoms with E-state index >= 15 is 0 Å². The number of nitrogens with one attached hydrogen (secondary N) is 2. The third kappa shape index (κ3) is 5.62. The molecule has 6 heteroatoms. The first-order valence-corrected chi connectivity index (χ1v) is 7.95. The van der Waals surface area contributed by atoms with E-state index in [-0.39, 0.29) is 5.11 Å². The Labute approximate surface area is 146 Å². The highest BCUT2D eigenvalue weighted by Gasteiger charge is 2.08. The van der Waals surface area contributed by atoms with Gasteiger partial charge in [0.1, 0.15) is 11.6 Å². The molecule has 0 spiro atoms. The van der Waals surface area contributed by atoms with Crippen LogP contribution in [0.4, 0.5) is 10.1 Å². The summed E-state index contributed by atoms with van der Waals surface area (Å²) in [5, 5.41) is 5.64. The van der Waals surface area contributed by atoms with E-state index in [9.17, 15) is 9.18 Å². The molecular formula is C18H19FN2O2S. The Morgan fingerprint density at radius 1 is 1.21 bits per heavy atom. The quantitative estimate of drug-likeness (QED) is 0.804. The van der Waals surface area contributed by atoms with Crippen molar-refractivity contribution in [3.63, 3.8) is 0 Å². The van der Waals surface area contributed by atoms with Crippen LogP contribution >= 0.6 is 12.2 Å². The third-order valence-corrected chi connectivity index (χ3v) is 3.21. The van der Waals surface area contributed by atoms with E-state index in [1.165, 1.54) is 24.3 Å². The van der Waals surface area contributed by atoms with Crippen molar-refractivity contribution in [3.8, 4) is 5.75 Å². The molecule has 0 fully saturated rings. The van der Waals surface area contributed by atoms with E-state index in [2.05, 4.69) is 24.5 Å². The first-order chi connectivity index (χ1) is 11.4. The fraction of sp³-hybridized carbons (Fsp3) is 0.222. The molecule has 1 amide bonds. The van der Waals surface area contributed by atoms with Crippen LogP contribution in [0.3, 0.4) is 0 Å². The van der Waals surface area contributed by atoms with Crippen LogP contribution in [0.5, 0.6) is 5.75 Å².